The Labute approximate surface area is 229 Å². The lowest BCUT2D eigenvalue weighted by molar-refractivity contribution is -0.384. The highest BCUT2D eigenvalue weighted by Gasteiger charge is 2.34. The normalized spacial score (nSPS) is 18.8. The van der Waals surface area contributed by atoms with Crippen LogP contribution in [-0.4, -0.2) is 43.9 Å². The molecular weight excluding hydrogens is 527 g/mol. The third-order valence-corrected chi connectivity index (χ3v) is 8.81. The Hall–Kier alpha value is -2.92. The molecule has 0 N–H and O–H groups in total. The van der Waals surface area contributed by atoms with Crippen LogP contribution in [0.25, 0.3) is 11.8 Å². The number of aromatic nitrogens is 1. The molecule has 2 aromatic carbocycles. The van der Waals surface area contributed by atoms with E-state index in [0.29, 0.717) is 15.8 Å². The first-order valence-electron chi connectivity index (χ1n) is 11.9. The van der Waals surface area contributed by atoms with Crippen LogP contribution in [0.4, 0.5) is 5.69 Å². The second-order valence-electron chi connectivity index (χ2n) is 8.94. The molecule has 2 saturated heterocycles. The van der Waals surface area contributed by atoms with Gasteiger partial charge in [0.2, 0.25) is 0 Å². The molecule has 3 heterocycles. The largest absolute Gasteiger partial charge is 0.376 e. The molecule has 1 amide bonds. The molecule has 2 fully saturated rings. The van der Waals surface area contributed by atoms with Crippen LogP contribution in [0, 0.1) is 24.0 Å². The van der Waals surface area contributed by atoms with Crippen molar-refractivity contribution in [3.8, 4) is 5.69 Å². The first kappa shape index (κ1) is 25.7. The number of thiocarbonyl (C=S) groups is 1. The van der Waals surface area contributed by atoms with E-state index in [9.17, 15) is 14.9 Å². The number of aryl methyl sites for hydroxylation is 1. The van der Waals surface area contributed by atoms with Crippen molar-refractivity contribution in [2.45, 2.75) is 42.6 Å². The van der Waals surface area contributed by atoms with Gasteiger partial charge in [-0.25, -0.2) is 0 Å². The zero-order valence-electron chi connectivity index (χ0n) is 20.4. The molecule has 37 heavy (non-hydrogen) atoms. The van der Waals surface area contributed by atoms with E-state index in [1.165, 1.54) is 23.9 Å². The summed E-state index contributed by atoms with van der Waals surface area (Å²) < 4.78 is 8.45. The lowest BCUT2D eigenvalue weighted by Gasteiger charge is -2.18. The Bertz CT molecular complexity index is 1390. The minimum absolute atomic E-state index is 0.0528. The number of non-ortho nitro benzene ring substituents is 1. The summed E-state index contributed by atoms with van der Waals surface area (Å²) in [7, 11) is 0. The molecule has 2 aliphatic rings. The molecule has 5 rings (SSSR count). The van der Waals surface area contributed by atoms with E-state index in [-0.39, 0.29) is 17.7 Å². The maximum atomic E-state index is 13.1. The van der Waals surface area contributed by atoms with Crippen molar-refractivity contribution in [1.29, 1.82) is 0 Å². The van der Waals surface area contributed by atoms with Gasteiger partial charge in [0.25, 0.3) is 11.6 Å². The van der Waals surface area contributed by atoms with Crippen molar-refractivity contribution in [2.24, 2.45) is 0 Å². The third-order valence-electron chi connectivity index (χ3n) is 6.42. The van der Waals surface area contributed by atoms with Crippen LogP contribution in [0.1, 0.15) is 29.8 Å². The van der Waals surface area contributed by atoms with E-state index >= 15 is 0 Å². The molecule has 7 nitrogen and oxygen atoms in total. The number of carbonyl (C=O) groups excluding carboxylic acids is 1. The summed E-state index contributed by atoms with van der Waals surface area (Å²) in [6, 6.07) is 16.8. The second-order valence-corrected chi connectivity index (χ2v) is 11.8. The van der Waals surface area contributed by atoms with E-state index < -0.39 is 4.92 Å². The van der Waals surface area contributed by atoms with Crippen molar-refractivity contribution in [3.05, 3.63) is 86.6 Å². The van der Waals surface area contributed by atoms with E-state index in [1.807, 2.05) is 32.1 Å². The number of nitro groups is 1. The van der Waals surface area contributed by atoms with Crippen LogP contribution >= 0.6 is 35.7 Å². The van der Waals surface area contributed by atoms with Gasteiger partial charge in [0.05, 0.1) is 22.5 Å². The molecule has 0 bridgehead atoms. The summed E-state index contributed by atoms with van der Waals surface area (Å²) in [4.78, 5) is 27.8. The predicted octanol–water partition coefficient (Wildman–Crippen LogP) is 6.53. The van der Waals surface area contributed by atoms with Gasteiger partial charge in [-0.15, -0.1) is 0 Å². The van der Waals surface area contributed by atoms with Crippen molar-refractivity contribution < 1.29 is 14.5 Å². The molecule has 1 aromatic heterocycles. The molecule has 0 spiro atoms. The molecule has 0 saturated carbocycles. The minimum Gasteiger partial charge on any atom is -0.376 e. The van der Waals surface area contributed by atoms with Gasteiger partial charge in [0.15, 0.2) is 0 Å². The van der Waals surface area contributed by atoms with E-state index in [2.05, 4.69) is 22.8 Å². The number of carbonyl (C=O) groups is 1. The smallest absolute Gasteiger partial charge is 0.269 e. The molecular formula is C27H25N3O4S3. The number of amides is 1. The first-order chi connectivity index (χ1) is 17.8. The van der Waals surface area contributed by atoms with Crippen LogP contribution < -0.4 is 0 Å². The number of hydrogen-bond donors (Lipinski definition) is 0. The molecule has 10 heteroatoms. The number of thioether (sulfide) groups is 1. The van der Waals surface area contributed by atoms with Gasteiger partial charge < -0.3 is 9.30 Å². The fourth-order valence-corrected chi connectivity index (χ4v) is 6.64. The van der Waals surface area contributed by atoms with Gasteiger partial charge in [-0.05, 0) is 80.8 Å². The molecule has 2 aliphatic heterocycles. The molecule has 0 unspecified atom stereocenters. The van der Waals surface area contributed by atoms with Crippen molar-refractivity contribution in [1.82, 2.24) is 9.47 Å². The van der Waals surface area contributed by atoms with Gasteiger partial charge >= 0.3 is 0 Å². The predicted molar refractivity (Wildman–Crippen MR) is 151 cm³/mol. The van der Waals surface area contributed by atoms with Crippen LogP contribution in [-0.2, 0) is 9.53 Å². The zero-order chi connectivity index (χ0) is 26.1. The molecule has 0 radical (unpaired) electrons. The number of rotatable bonds is 7. The van der Waals surface area contributed by atoms with E-state index in [1.54, 1.807) is 28.8 Å². The lowest BCUT2D eigenvalue weighted by atomic mass is 10.2. The Kier molecular flexibility index (Phi) is 7.52. The maximum Gasteiger partial charge on any atom is 0.269 e. The SMILES string of the molecule is Cc1cc(/C=C2\SC(=S)N(C[C@H]3CCCO3)C2=O)c(C)n1-c1ccc(Sc2ccc([N+](=O)[O-])cc2)cc1. The van der Waals surface area contributed by atoms with Crippen LogP contribution in [0.15, 0.2) is 69.3 Å². The van der Waals surface area contributed by atoms with E-state index in [4.69, 9.17) is 17.0 Å². The Morgan fingerprint density at radius 3 is 2.46 bits per heavy atom. The highest BCUT2D eigenvalue weighted by molar-refractivity contribution is 8.26. The molecule has 0 aliphatic carbocycles. The summed E-state index contributed by atoms with van der Waals surface area (Å²) in [5.74, 6) is -0.0528. The summed E-state index contributed by atoms with van der Waals surface area (Å²) >= 11 is 8.40. The molecule has 1 atom stereocenters. The Morgan fingerprint density at radius 1 is 1.16 bits per heavy atom. The Morgan fingerprint density at radius 2 is 1.84 bits per heavy atom. The highest BCUT2D eigenvalue weighted by atomic mass is 32.2. The van der Waals surface area contributed by atoms with Crippen LogP contribution in [0.3, 0.4) is 0 Å². The average molecular weight is 552 g/mol. The standard InChI is InChI=1S/C27H25N3O4S3/c1-17-14-19(15-25-26(31)28(27(35)37-25)16-22-4-3-13-34-22)18(2)29(17)20-5-9-23(10-6-20)36-24-11-7-21(8-12-24)30(32)33/h5-12,14-15,22H,3-4,13,16H2,1-2H3/b25-15-/t22-/m1/s1. The van der Waals surface area contributed by atoms with Crippen LogP contribution in [0.2, 0.25) is 0 Å². The summed E-state index contributed by atoms with van der Waals surface area (Å²) in [5.41, 5.74) is 4.19. The fraction of sp³-hybridized carbons (Fsp3) is 0.259. The number of benzene rings is 2. The van der Waals surface area contributed by atoms with Gasteiger partial charge in [-0.3, -0.25) is 19.8 Å². The first-order valence-corrected chi connectivity index (χ1v) is 13.9. The minimum atomic E-state index is -0.397. The number of hydrogen-bond acceptors (Lipinski definition) is 7. The Balaban J connectivity index is 1.32. The monoisotopic (exact) mass is 551 g/mol. The average Bonchev–Trinajstić information content (AvgIpc) is 3.56. The van der Waals surface area contributed by atoms with Gasteiger partial charge in [0.1, 0.15) is 4.32 Å². The topological polar surface area (TPSA) is 77.6 Å². The molecule has 190 valence electrons. The van der Waals surface area contributed by atoms with Gasteiger partial charge in [-0.1, -0.05) is 35.7 Å². The van der Waals surface area contributed by atoms with Crippen LogP contribution in [0.5, 0.6) is 0 Å². The summed E-state index contributed by atoms with van der Waals surface area (Å²) in [5, 5.41) is 10.9. The number of nitro benzene ring substituents is 1. The fourth-order valence-electron chi connectivity index (χ4n) is 4.56. The summed E-state index contributed by atoms with van der Waals surface area (Å²) in [6.45, 7) is 5.36. The second kappa shape index (κ2) is 10.8. The highest BCUT2D eigenvalue weighted by Crippen LogP contribution is 2.35. The zero-order valence-corrected chi connectivity index (χ0v) is 22.8. The number of ether oxygens (including phenoxy) is 1. The van der Waals surface area contributed by atoms with Gasteiger partial charge in [0, 0.05) is 45.6 Å². The maximum absolute atomic E-state index is 13.1. The van der Waals surface area contributed by atoms with Gasteiger partial charge in [-0.2, -0.15) is 0 Å². The van der Waals surface area contributed by atoms with Crippen molar-refractivity contribution in [2.75, 3.05) is 13.2 Å². The van der Waals surface area contributed by atoms with E-state index in [0.717, 1.165) is 51.9 Å². The summed E-state index contributed by atoms with van der Waals surface area (Å²) in [6.07, 6.45) is 3.99. The van der Waals surface area contributed by atoms with Crippen molar-refractivity contribution >= 4 is 57.7 Å². The quantitative estimate of drug-likeness (QED) is 0.143. The third kappa shape index (κ3) is 5.52. The lowest BCUT2D eigenvalue weighted by Crippen LogP contribution is -2.35. The number of nitrogens with zero attached hydrogens (tertiary/aromatic N) is 3. The van der Waals surface area contributed by atoms with Crippen molar-refractivity contribution in [3.63, 3.8) is 0 Å². The molecule has 3 aromatic rings.